The van der Waals surface area contributed by atoms with Gasteiger partial charge in [0, 0.05) is 11.6 Å². The standard InChI is InChI=1S/C14H10O/c1-2-6-14(15)13-10-5-8-11-7-3-4-9-12(11)13/h3-10H,1H2. The fraction of sp³-hybridized carbons (Fsp3) is 0. The lowest BCUT2D eigenvalue weighted by atomic mass is 10.0. The van der Waals surface area contributed by atoms with Gasteiger partial charge in [-0.1, -0.05) is 49.0 Å². The topological polar surface area (TPSA) is 17.1 Å². The highest BCUT2D eigenvalue weighted by Crippen LogP contribution is 2.18. The van der Waals surface area contributed by atoms with Gasteiger partial charge in [0.15, 0.2) is 5.78 Å². The summed E-state index contributed by atoms with van der Waals surface area (Å²) in [5.74, 6) is -0.0539. The molecule has 0 atom stereocenters. The molecule has 0 heterocycles. The van der Waals surface area contributed by atoms with Crippen molar-refractivity contribution in [1.29, 1.82) is 0 Å². The quantitative estimate of drug-likeness (QED) is 0.407. The Morgan fingerprint density at radius 1 is 1.13 bits per heavy atom. The number of rotatable bonds is 2. The molecule has 0 aliphatic rings. The Labute approximate surface area is 88.4 Å². The lowest BCUT2D eigenvalue weighted by Crippen LogP contribution is -1.94. The molecule has 0 bridgehead atoms. The summed E-state index contributed by atoms with van der Waals surface area (Å²) in [4.78, 5) is 11.7. The SMILES string of the molecule is C=C=CC(=O)c1cccc2ccccc12. The van der Waals surface area contributed by atoms with Crippen LogP contribution < -0.4 is 0 Å². The largest absolute Gasteiger partial charge is 0.289 e. The van der Waals surface area contributed by atoms with E-state index in [0.29, 0.717) is 5.56 Å². The molecule has 0 fully saturated rings. The molecule has 0 aliphatic heterocycles. The second kappa shape index (κ2) is 3.95. The first kappa shape index (κ1) is 9.45. The minimum absolute atomic E-state index is 0.0539. The molecule has 2 rings (SSSR count). The van der Waals surface area contributed by atoms with E-state index in [-0.39, 0.29) is 5.78 Å². The van der Waals surface area contributed by atoms with E-state index < -0.39 is 0 Å². The summed E-state index contributed by atoms with van der Waals surface area (Å²) in [5, 5.41) is 2.04. The Morgan fingerprint density at radius 2 is 1.87 bits per heavy atom. The number of carbonyl (C=O) groups excluding carboxylic acids is 1. The van der Waals surface area contributed by atoms with Gasteiger partial charge in [-0.2, -0.15) is 0 Å². The number of hydrogen-bond acceptors (Lipinski definition) is 1. The summed E-state index contributed by atoms with van der Waals surface area (Å²) in [5.41, 5.74) is 3.20. The van der Waals surface area contributed by atoms with Gasteiger partial charge in [0.1, 0.15) is 0 Å². The van der Waals surface area contributed by atoms with Crippen molar-refractivity contribution in [3.8, 4) is 0 Å². The van der Waals surface area contributed by atoms with Crippen LogP contribution in [0.25, 0.3) is 10.8 Å². The maximum Gasteiger partial charge on any atom is 0.194 e. The molecule has 15 heavy (non-hydrogen) atoms. The summed E-state index contributed by atoms with van der Waals surface area (Å²) in [7, 11) is 0. The molecule has 0 saturated carbocycles. The molecule has 0 N–H and O–H groups in total. The lowest BCUT2D eigenvalue weighted by molar-refractivity contribution is 0.104. The number of ketones is 1. The van der Waals surface area contributed by atoms with Crippen molar-refractivity contribution in [1.82, 2.24) is 0 Å². The molecular formula is C14H10O. The molecule has 0 spiro atoms. The van der Waals surface area contributed by atoms with Crippen LogP contribution in [0.1, 0.15) is 10.4 Å². The van der Waals surface area contributed by atoms with Crippen LogP contribution in [-0.2, 0) is 0 Å². The Morgan fingerprint density at radius 3 is 2.67 bits per heavy atom. The van der Waals surface area contributed by atoms with Crippen LogP contribution in [0.3, 0.4) is 0 Å². The fourth-order valence-electron chi connectivity index (χ4n) is 1.61. The first-order valence-corrected chi connectivity index (χ1v) is 4.71. The summed E-state index contributed by atoms with van der Waals surface area (Å²) in [6.07, 6.45) is 1.36. The highest BCUT2D eigenvalue weighted by atomic mass is 16.1. The zero-order chi connectivity index (χ0) is 10.7. The van der Waals surface area contributed by atoms with Crippen molar-refractivity contribution in [3.05, 3.63) is 66.4 Å². The average Bonchev–Trinajstić information content (AvgIpc) is 2.28. The maximum atomic E-state index is 11.7. The van der Waals surface area contributed by atoms with Gasteiger partial charge in [-0.3, -0.25) is 4.79 Å². The van der Waals surface area contributed by atoms with Gasteiger partial charge in [-0.15, -0.1) is 5.73 Å². The maximum absolute atomic E-state index is 11.7. The number of allylic oxidation sites excluding steroid dienone is 1. The second-order valence-electron chi connectivity index (χ2n) is 3.24. The molecule has 2 aromatic rings. The number of benzene rings is 2. The van der Waals surface area contributed by atoms with Gasteiger partial charge in [0.25, 0.3) is 0 Å². The van der Waals surface area contributed by atoms with Crippen LogP contribution in [0.4, 0.5) is 0 Å². The predicted octanol–water partition coefficient (Wildman–Crippen LogP) is 3.36. The first-order valence-electron chi connectivity index (χ1n) is 4.71. The van der Waals surface area contributed by atoms with Crippen LogP contribution >= 0.6 is 0 Å². The van der Waals surface area contributed by atoms with Gasteiger partial charge in [-0.05, 0) is 10.8 Å². The van der Waals surface area contributed by atoms with Crippen molar-refractivity contribution in [2.75, 3.05) is 0 Å². The van der Waals surface area contributed by atoms with Crippen molar-refractivity contribution in [3.63, 3.8) is 0 Å². The van der Waals surface area contributed by atoms with Crippen molar-refractivity contribution in [2.24, 2.45) is 0 Å². The van der Waals surface area contributed by atoms with Crippen LogP contribution in [-0.4, -0.2) is 5.78 Å². The molecule has 1 nitrogen and oxygen atoms in total. The van der Waals surface area contributed by atoms with Crippen molar-refractivity contribution in [2.45, 2.75) is 0 Å². The zero-order valence-electron chi connectivity index (χ0n) is 8.23. The molecule has 0 amide bonds. The van der Waals surface area contributed by atoms with Crippen LogP contribution in [0.15, 0.2) is 60.9 Å². The van der Waals surface area contributed by atoms with Crippen molar-refractivity contribution >= 4 is 16.6 Å². The smallest absolute Gasteiger partial charge is 0.194 e. The molecule has 0 unspecified atom stereocenters. The second-order valence-corrected chi connectivity index (χ2v) is 3.24. The third kappa shape index (κ3) is 1.74. The molecular weight excluding hydrogens is 184 g/mol. The van der Waals surface area contributed by atoms with Crippen LogP contribution in [0.5, 0.6) is 0 Å². The summed E-state index contributed by atoms with van der Waals surface area (Å²) >= 11 is 0. The van der Waals surface area contributed by atoms with E-state index in [2.05, 4.69) is 12.3 Å². The molecule has 2 aromatic carbocycles. The van der Waals surface area contributed by atoms with Gasteiger partial charge in [0.05, 0.1) is 0 Å². The fourth-order valence-corrected chi connectivity index (χ4v) is 1.61. The molecule has 72 valence electrons. The molecule has 0 aromatic heterocycles. The third-order valence-electron chi connectivity index (χ3n) is 2.29. The molecule has 0 radical (unpaired) electrons. The van der Waals surface area contributed by atoms with E-state index in [9.17, 15) is 4.79 Å². The van der Waals surface area contributed by atoms with Gasteiger partial charge < -0.3 is 0 Å². The minimum Gasteiger partial charge on any atom is -0.289 e. The molecule has 1 heteroatoms. The highest BCUT2D eigenvalue weighted by molar-refractivity contribution is 6.13. The normalized spacial score (nSPS) is 9.60. The number of carbonyl (C=O) groups is 1. The van der Waals surface area contributed by atoms with Gasteiger partial charge in [0.2, 0.25) is 0 Å². The Kier molecular flexibility index (Phi) is 2.49. The van der Waals surface area contributed by atoms with Crippen LogP contribution in [0.2, 0.25) is 0 Å². The summed E-state index contributed by atoms with van der Waals surface area (Å²) < 4.78 is 0. The van der Waals surface area contributed by atoms with Gasteiger partial charge in [-0.25, -0.2) is 0 Å². The highest BCUT2D eigenvalue weighted by Gasteiger charge is 2.05. The average molecular weight is 194 g/mol. The summed E-state index contributed by atoms with van der Waals surface area (Å²) in [6, 6.07) is 13.5. The van der Waals surface area contributed by atoms with Crippen LogP contribution in [0, 0.1) is 0 Å². The van der Waals surface area contributed by atoms with Gasteiger partial charge >= 0.3 is 0 Å². The first-order chi connectivity index (χ1) is 7.33. The van der Waals surface area contributed by atoms with Crippen molar-refractivity contribution < 1.29 is 4.79 Å². The Bertz CT molecular complexity index is 555. The lowest BCUT2D eigenvalue weighted by Gasteiger charge is -2.01. The van der Waals surface area contributed by atoms with E-state index in [1.54, 1.807) is 0 Å². The molecule has 0 saturated heterocycles. The third-order valence-corrected chi connectivity index (χ3v) is 2.29. The van der Waals surface area contributed by atoms with E-state index >= 15 is 0 Å². The van der Waals surface area contributed by atoms with E-state index in [4.69, 9.17) is 0 Å². The van der Waals surface area contributed by atoms with E-state index in [0.717, 1.165) is 10.8 Å². The zero-order valence-corrected chi connectivity index (χ0v) is 8.23. The number of fused-ring (bicyclic) bond motifs is 1. The summed E-state index contributed by atoms with van der Waals surface area (Å²) in [6.45, 7) is 3.40. The van der Waals surface area contributed by atoms with E-state index in [1.807, 2.05) is 42.5 Å². The minimum atomic E-state index is -0.0539. The van der Waals surface area contributed by atoms with E-state index in [1.165, 1.54) is 6.08 Å². The number of hydrogen-bond donors (Lipinski definition) is 0. The Balaban J connectivity index is 2.71. The Hall–Kier alpha value is -2.11. The monoisotopic (exact) mass is 194 g/mol. The molecule has 0 aliphatic carbocycles. The predicted molar refractivity (Wildman–Crippen MR) is 62.0 cm³/mol.